The molecule has 2 bridgehead atoms. The van der Waals surface area contributed by atoms with E-state index < -0.39 is 29.5 Å². The van der Waals surface area contributed by atoms with E-state index in [0.717, 1.165) is 5.56 Å². The number of carbonyl (C=O) groups is 2. The van der Waals surface area contributed by atoms with Crippen molar-refractivity contribution in [1.82, 2.24) is 4.90 Å². The van der Waals surface area contributed by atoms with E-state index in [-0.39, 0.29) is 18.7 Å². The maximum absolute atomic E-state index is 13.0. The molecular weight excluding hydrogens is 326 g/mol. The molecule has 1 N–H and O–H groups in total. The average molecular weight is 343 g/mol. The number of benzene rings is 1. The van der Waals surface area contributed by atoms with Crippen molar-refractivity contribution in [2.75, 3.05) is 13.3 Å². The van der Waals surface area contributed by atoms with E-state index >= 15 is 0 Å². The SMILES string of the molecule is C[C@@H](c1ccc2c(c1)OCO2)N1C[C@]23C=C[C@@H](O2)[C@H](C(=O)O)[C@@H]3C1=O. The minimum Gasteiger partial charge on any atom is -0.481 e. The topological polar surface area (TPSA) is 85.3 Å². The summed E-state index contributed by atoms with van der Waals surface area (Å²) in [5.41, 5.74) is 0.106. The lowest BCUT2D eigenvalue weighted by Crippen LogP contribution is -2.39. The molecule has 7 nitrogen and oxygen atoms in total. The van der Waals surface area contributed by atoms with Crippen molar-refractivity contribution in [3.63, 3.8) is 0 Å². The van der Waals surface area contributed by atoms with Gasteiger partial charge in [-0.15, -0.1) is 0 Å². The number of carbonyl (C=O) groups excluding carboxylic acids is 1. The first-order valence-electron chi connectivity index (χ1n) is 8.30. The fraction of sp³-hybridized carbons (Fsp3) is 0.444. The van der Waals surface area contributed by atoms with Gasteiger partial charge < -0.3 is 24.2 Å². The summed E-state index contributed by atoms with van der Waals surface area (Å²) in [6.45, 7) is 2.49. The second-order valence-corrected chi connectivity index (χ2v) is 6.99. The number of hydrogen-bond acceptors (Lipinski definition) is 5. The van der Waals surface area contributed by atoms with Gasteiger partial charge in [0, 0.05) is 0 Å². The zero-order valence-electron chi connectivity index (χ0n) is 13.5. The summed E-state index contributed by atoms with van der Waals surface area (Å²) >= 11 is 0. The van der Waals surface area contributed by atoms with Gasteiger partial charge in [-0.05, 0) is 24.6 Å². The van der Waals surface area contributed by atoms with Crippen LogP contribution < -0.4 is 9.47 Å². The number of carboxylic acid groups (broad SMARTS) is 1. The Labute approximate surface area is 143 Å². The van der Waals surface area contributed by atoms with Crippen LogP contribution in [0.25, 0.3) is 0 Å². The molecule has 4 aliphatic rings. The lowest BCUT2D eigenvalue weighted by Gasteiger charge is -2.27. The number of likely N-dealkylation sites (tertiary alicyclic amines) is 1. The predicted molar refractivity (Wildman–Crippen MR) is 84.1 cm³/mol. The van der Waals surface area contributed by atoms with Gasteiger partial charge in [0.1, 0.15) is 11.5 Å². The Morgan fingerprint density at radius 1 is 1.36 bits per heavy atom. The summed E-state index contributed by atoms with van der Waals surface area (Å²) in [6.07, 6.45) is 3.14. The van der Waals surface area contributed by atoms with Crippen LogP contribution in [0, 0.1) is 11.8 Å². The lowest BCUT2D eigenvalue weighted by atomic mass is 9.77. The Morgan fingerprint density at radius 2 is 2.16 bits per heavy atom. The van der Waals surface area contributed by atoms with Gasteiger partial charge in [-0.3, -0.25) is 9.59 Å². The van der Waals surface area contributed by atoms with E-state index in [9.17, 15) is 14.7 Å². The van der Waals surface area contributed by atoms with Gasteiger partial charge in [-0.1, -0.05) is 18.2 Å². The Morgan fingerprint density at radius 3 is 2.96 bits per heavy atom. The van der Waals surface area contributed by atoms with Crippen LogP contribution in [0.15, 0.2) is 30.4 Å². The third-order valence-electron chi connectivity index (χ3n) is 5.76. The van der Waals surface area contributed by atoms with Gasteiger partial charge in [-0.2, -0.15) is 0 Å². The van der Waals surface area contributed by atoms with Crippen LogP contribution in [0.3, 0.4) is 0 Å². The minimum absolute atomic E-state index is 0.163. The van der Waals surface area contributed by atoms with Gasteiger partial charge >= 0.3 is 5.97 Å². The van der Waals surface area contributed by atoms with Crippen molar-refractivity contribution in [3.8, 4) is 11.5 Å². The zero-order chi connectivity index (χ0) is 17.3. The normalized spacial score (nSPS) is 35.3. The van der Waals surface area contributed by atoms with E-state index in [1.165, 1.54) is 0 Å². The molecule has 0 saturated carbocycles. The van der Waals surface area contributed by atoms with Gasteiger partial charge in [0.15, 0.2) is 11.5 Å². The summed E-state index contributed by atoms with van der Waals surface area (Å²) in [5.74, 6) is -1.26. The largest absolute Gasteiger partial charge is 0.481 e. The number of fused-ring (bicyclic) bond motifs is 2. The van der Waals surface area contributed by atoms with Gasteiger partial charge in [0.2, 0.25) is 12.7 Å². The highest BCUT2D eigenvalue weighted by atomic mass is 16.7. The second kappa shape index (κ2) is 4.76. The number of amides is 1. The molecule has 1 aromatic carbocycles. The standard InChI is InChI=1S/C18H17NO6/c1-9(10-2-3-11-13(6-10)24-8-23-11)19-7-18-5-4-12(25-18)14(17(21)22)15(18)16(19)20/h2-6,9,12,14-15H,7-8H2,1H3,(H,21,22)/t9-,12+,14-,15+,18-/m0/s1. The van der Waals surface area contributed by atoms with E-state index in [4.69, 9.17) is 14.2 Å². The molecule has 1 spiro atoms. The first-order chi connectivity index (χ1) is 12.0. The fourth-order valence-corrected chi connectivity index (χ4v) is 4.49. The van der Waals surface area contributed by atoms with Crippen LogP contribution in [0.5, 0.6) is 11.5 Å². The van der Waals surface area contributed by atoms with Crippen LogP contribution in [0.4, 0.5) is 0 Å². The number of hydrogen-bond donors (Lipinski definition) is 1. The quantitative estimate of drug-likeness (QED) is 0.834. The van der Waals surface area contributed by atoms with Gasteiger partial charge in [-0.25, -0.2) is 0 Å². The molecule has 0 aromatic heterocycles. The smallest absolute Gasteiger partial charge is 0.310 e. The molecule has 0 unspecified atom stereocenters. The van der Waals surface area contributed by atoms with Crippen LogP contribution in [-0.4, -0.2) is 46.9 Å². The lowest BCUT2D eigenvalue weighted by molar-refractivity contribution is -0.148. The Bertz CT molecular complexity index is 820. The van der Waals surface area contributed by atoms with E-state index in [1.807, 2.05) is 31.2 Å². The first kappa shape index (κ1) is 14.8. The Balaban J connectivity index is 1.47. The predicted octanol–water partition coefficient (Wildman–Crippen LogP) is 1.34. The Kier molecular flexibility index (Phi) is 2.81. The highest BCUT2D eigenvalue weighted by molar-refractivity contribution is 5.91. The molecule has 7 heteroatoms. The Hall–Kier alpha value is -2.54. The molecule has 25 heavy (non-hydrogen) atoms. The van der Waals surface area contributed by atoms with Crippen LogP contribution in [0.2, 0.25) is 0 Å². The molecule has 1 amide bonds. The third-order valence-corrected chi connectivity index (χ3v) is 5.76. The maximum Gasteiger partial charge on any atom is 0.310 e. The van der Waals surface area contributed by atoms with Crippen molar-refractivity contribution in [2.45, 2.75) is 24.7 Å². The molecule has 5 rings (SSSR count). The van der Waals surface area contributed by atoms with E-state index in [2.05, 4.69) is 0 Å². The molecule has 5 atom stereocenters. The van der Waals surface area contributed by atoms with Gasteiger partial charge in [0.05, 0.1) is 24.6 Å². The molecule has 2 fully saturated rings. The highest BCUT2D eigenvalue weighted by Crippen LogP contribution is 2.53. The van der Waals surface area contributed by atoms with Crippen molar-refractivity contribution >= 4 is 11.9 Å². The maximum atomic E-state index is 13.0. The number of aliphatic carboxylic acids is 1. The third kappa shape index (κ3) is 1.84. The summed E-state index contributed by atoms with van der Waals surface area (Å²) in [5, 5.41) is 9.53. The number of rotatable bonds is 3. The number of carboxylic acids is 1. The summed E-state index contributed by atoms with van der Waals surface area (Å²) < 4.78 is 16.7. The molecule has 130 valence electrons. The molecule has 4 heterocycles. The number of ether oxygens (including phenoxy) is 3. The average Bonchev–Trinajstić information content (AvgIpc) is 3.33. The molecule has 0 radical (unpaired) electrons. The molecular formula is C18H17NO6. The fourth-order valence-electron chi connectivity index (χ4n) is 4.49. The van der Waals surface area contributed by atoms with Crippen molar-refractivity contribution in [1.29, 1.82) is 0 Å². The van der Waals surface area contributed by atoms with E-state index in [1.54, 1.807) is 11.0 Å². The minimum atomic E-state index is -0.979. The second-order valence-electron chi connectivity index (χ2n) is 6.99. The van der Waals surface area contributed by atoms with Crippen molar-refractivity contribution < 1.29 is 28.9 Å². The van der Waals surface area contributed by atoms with Crippen LogP contribution in [-0.2, 0) is 14.3 Å². The molecule has 1 aromatic rings. The number of nitrogens with zero attached hydrogens (tertiary/aromatic N) is 1. The van der Waals surface area contributed by atoms with Crippen LogP contribution >= 0.6 is 0 Å². The highest BCUT2D eigenvalue weighted by Gasteiger charge is 2.67. The molecule has 4 aliphatic heterocycles. The van der Waals surface area contributed by atoms with E-state index in [0.29, 0.717) is 18.0 Å². The summed E-state index contributed by atoms with van der Waals surface area (Å²) in [4.78, 5) is 26.4. The van der Waals surface area contributed by atoms with Crippen molar-refractivity contribution in [3.05, 3.63) is 35.9 Å². The van der Waals surface area contributed by atoms with Crippen LogP contribution in [0.1, 0.15) is 18.5 Å². The first-order valence-corrected chi connectivity index (χ1v) is 8.30. The summed E-state index contributed by atoms with van der Waals surface area (Å²) in [7, 11) is 0. The monoisotopic (exact) mass is 343 g/mol. The molecule has 0 aliphatic carbocycles. The van der Waals surface area contributed by atoms with Gasteiger partial charge in [0.25, 0.3) is 0 Å². The molecule has 2 saturated heterocycles. The van der Waals surface area contributed by atoms with Crippen molar-refractivity contribution in [2.24, 2.45) is 11.8 Å². The summed E-state index contributed by atoms with van der Waals surface area (Å²) in [6, 6.07) is 5.39. The zero-order valence-corrected chi connectivity index (χ0v) is 13.5.